The van der Waals surface area contributed by atoms with Crippen LogP contribution in [0.1, 0.15) is 31.2 Å². The molecule has 0 aromatic carbocycles. The molecule has 0 atom stereocenters. The minimum absolute atomic E-state index is 0.268. The van der Waals surface area contributed by atoms with E-state index >= 15 is 0 Å². The highest BCUT2D eigenvalue weighted by Gasteiger charge is 2.23. The zero-order chi connectivity index (χ0) is 16.3. The smallest absolute Gasteiger partial charge is 0.332 e. The van der Waals surface area contributed by atoms with Gasteiger partial charge in [-0.2, -0.15) is 0 Å². The predicted molar refractivity (Wildman–Crippen MR) is 88.0 cm³/mol. The summed E-state index contributed by atoms with van der Waals surface area (Å²) < 4.78 is 8.00. The van der Waals surface area contributed by atoms with Crippen LogP contribution in [-0.2, 0) is 18.3 Å². The van der Waals surface area contributed by atoms with Crippen LogP contribution in [0.15, 0.2) is 21.2 Å². The topological polar surface area (TPSA) is 65.6 Å². The van der Waals surface area contributed by atoms with E-state index in [2.05, 4.69) is 18.3 Å². The number of nitrogens with zero attached hydrogens (tertiary/aromatic N) is 3. The first kappa shape index (κ1) is 16.4. The molecule has 1 saturated carbocycles. The highest BCUT2D eigenvalue weighted by molar-refractivity contribution is 5.60. The molecule has 0 N–H and O–H groups in total. The fraction of sp³-hybridized carbons (Fsp3) is 0.562. The lowest BCUT2D eigenvalue weighted by atomic mass is 9.87. The van der Waals surface area contributed by atoms with Crippen molar-refractivity contribution in [3.8, 4) is 0 Å². The van der Waals surface area contributed by atoms with Crippen molar-refractivity contribution in [3.63, 3.8) is 0 Å². The van der Waals surface area contributed by atoms with E-state index in [1.807, 2.05) is 0 Å². The molecule has 0 amide bonds. The number of hydrogen-bond donors (Lipinski definition) is 0. The second-order valence-electron chi connectivity index (χ2n) is 5.74. The molecule has 1 aromatic heterocycles. The maximum absolute atomic E-state index is 12.5. The summed E-state index contributed by atoms with van der Waals surface area (Å²) >= 11 is 0. The molecule has 1 aromatic rings. The summed E-state index contributed by atoms with van der Waals surface area (Å²) in [4.78, 5) is 28.7. The van der Waals surface area contributed by atoms with Gasteiger partial charge in [0.1, 0.15) is 5.82 Å². The van der Waals surface area contributed by atoms with Crippen LogP contribution in [0.3, 0.4) is 0 Å². The Morgan fingerprint density at radius 1 is 1.32 bits per heavy atom. The third-order valence-electron chi connectivity index (χ3n) is 4.47. The van der Waals surface area contributed by atoms with E-state index in [9.17, 15) is 9.59 Å². The summed E-state index contributed by atoms with van der Waals surface area (Å²) in [5.41, 5.74) is -0.371. The monoisotopic (exact) mass is 305 g/mol. The molecule has 120 valence electrons. The Hall–Kier alpha value is -1.95. The summed E-state index contributed by atoms with van der Waals surface area (Å²) in [7, 11) is 3.32. The molecule has 6 nitrogen and oxygen atoms in total. The molecule has 0 unspecified atom stereocenters. The predicted octanol–water partition coefficient (Wildman–Crippen LogP) is 1.73. The van der Waals surface area contributed by atoms with Crippen LogP contribution in [0, 0.1) is 5.92 Å². The van der Waals surface area contributed by atoms with Gasteiger partial charge < -0.3 is 4.74 Å². The van der Waals surface area contributed by atoms with Gasteiger partial charge in [0.05, 0.1) is 11.7 Å². The third-order valence-corrected chi connectivity index (χ3v) is 4.47. The van der Waals surface area contributed by atoms with E-state index < -0.39 is 0 Å². The summed E-state index contributed by atoms with van der Waals surface area (Å²) in [5.74, 6) is 0.585. The van der Waals surface area contributed by atoms with E-state index in [1.54, 1.807) is 14.2 Å². The molecule has 0 aliphatic heterocycles. The van der Waals surface area contributed by atoms with Crippen LogP contribution in [0.4, 0.5) is 5.82 Å². The van der Waals surface area contributed by atoms with Gasteiger partial charge in [0, 0.05) is 20.7 Å². The maximum atomic E-state index is 12.5. The van der Waals surface area contributed by atoms with Gasteiger partial charge >= 0.3 is 5.69 Å². The van der Waals surface area contributed by atoms with Crippen molar-refractivity contribution in [2.75, 3.05) is 7.11 Å². The van der Waals surface area contributed by atoms with Crippen LogP contribution in [-0.4, -0.2) is 29.1 Å². The average molecular weight is 305 g/mol. The molecule has 0 bridgehead atoms. The van der Waals surface area contributed by atoms with Crippen molar-refractivity contribution in [3.05, 3.63) is 33.0 Å². The minimum Gasteiger partial charge on any atom is -0.381 e. The Morgan fingerprint density at radius 3 is 2.45 bits per heavy atom. The second kappa shape index (κ2) is 6.87. The molecule has 1 fully saturated rings. The lowest BCUT2D eigenvalue weighted by molar-refractivity contribution is 0.0538. The summed E-state index contributed by atoms with van der Waals surface area (Å²) in [6.07, 6.45) is 5.59. The van der Waals surface area contributed by atoms with E-state index in [0.717, 1.165) is 25.7 Å². The number of hydrogen-bond acceptors (Lipinski definition) is 4. The lowest BCUT2D eigenvalue weighted by Gasteiger charge is -2.28. The number of aromatic nitrogens is 2. The maximum Gasteiger partial charge on any atom is 0.332 e. The molecule has 1 aliphatic carbocycles. The van der Waals surface area contributed by atoms with Gasteiger partial charge in [-0.3, -0.25) is 13.9 Å². The number of rotatable bonds is 5. The Labute approximate surface area is 129 Å². The molecule has 1 heterocycles. The third kappa shape index (κ3) is 2.97. The molecular weight excluding hydrogens is 282 g/mol. The number of aliphatic imine (C=N–C) groups is 1. The van der Waals surface area contributed by atoms with Gasteiger partial charge in [-0.25, -0.2) is 9.79 Å². The standard InChI is InChI=1S/C16H23N3O3/c1-5-13-14(17-2)18(3)16(21)19(15(13)20)10-11-6-8-12(22-4)9-7-11/h5,11-12H,1-2,6-10H2,3-4H3. The fourth-order valence-corrected chi connectivity index (χ4v) is 3.12. The molecule has 0 spiro atoms. The van der Waals surface area contributed by atoms with Crippen LogP contribution < -0.4 is 11.2 Å². The first-order valence-corrected chi connectivity index (χ1v) is 7.49. The van der Waals surface area contributed by atoms with Gasteiger partial charge in [-0.15, -0.1) is 0 Å². The molecule has 6 heteroatoms. The quantitative estimate of drug-likeness (QED) is 0.778. The van der Waals surface area contributed by atoms with Gasteiger partial charge in [-0.1, -0.05) is 12.7 Å². The molecule has 0 saturated heterocycles. The van der Waals surface area contributed by atoms with Gasteiger partial charge in [0.2, 0.25) is 0 Å². The largest absolute Gasteiger partial charge is 0.381 e. The Bertz CT molecular complexity index is 679. The summed E-state index contributed by atoms with van der Waals surface area (Å²) in [6.45, 7) is 7.50. The molecule has 0 radical (unpaired) electrons. The fourth-order valence-electron chi connectivity index (χ4n) is 3.12. The zero-order valence-electron chi connectivity index (χ0n) is 13.2. The van der Waals surface area contributed by atoms with Crippen LogP contribution in [0.25, 0.3) is 6.08 Å². The highest BCUT2D eigenvalue weighted by Crippen LogP contribution is 2.26. The summed E-state index contributed by atoms with van der Waals surface area (Å²) in [5, 5.41) is 0. The Morgan fingerprint density at radius 2 is 1.95 bits per heavy atom. The molecule has 22 heavy (non-hydrogen) atoms. The zero-order valence-corrected chi connectivity index (χ0v) is 13.2. The summed E-state index contributed by atoms with van der Waals surface area (Å²) in [6, 6.07) is 0. The van der Waals surface area contributed by atoms with Gasteiger partial charge in [0.15, 0.2) is 0 Å². The van der Waals surface area contributed by atoms with Crippen molar-refractivity contribution >= 4 is 18.6 Å². The normalized spacial score (nSPS) is 21.5. The average Bonchev–Trinajstić information content (AvgIpc) is 2.55. The van der Waals surface area contributed by atoms with Gasteiger partial charge in [-0.05, 0) is 38.3 Å². The SMILES string of the molecule is C=Cc1c(N=C)n(C)c(=O)n(CC2CCC(OC)CC2)c1=O. The molecular formula is C16H23N3O3. The van der Waals surface area contributed by atoms with Gasteiger partial charge in [0.25, 0.3) is 5.56 Å². The van der Waals surface area contributed by atoms with Crippen molar-refractivity contribution in [1.82, 2.24) is 9.13 Å². The van der Waals surface area contributed by atoms with Crippen molar-refractivity contribution in [2.24, 2.45) is 18.0 Å². The first-order chi connectivity index (χ1) is 10.5. The van der Waals surface area contributed by atoms with E-state index in [4.69, 9.17) is 4.74 Å². The Balaban J connectivity index is 2.34. The lowest BCUT2D eigenvalue weighted by Crippen LogP contribution is -2.42. The van der Waals surface area contributed by atoms with Crippen molar-refractivity contribution in [1.29, 1.82) is 0 Å². The van der Waals surface area contributed by atoms with E-state index in [1.165, 1.54) is 15.2 Å². The van der Waals surface area contributed by atoms with E-state index in [-0.39, 0.29) is 17.1 Å². The Kier molecular flexibility index (Phi) is 5.13. The molecule has 2 rings (SSSR count). The highest BCUT2D eigenvalue weighted by atomic mass is 16.5. The van der Waals surface area contributed by atoms with Crippen LogP contribution >= 0.6 is 0 Å². The first-order valence-electron chi connectivity index (χ1n) is 7.49. The van der Waals surface area contributed by atoms with E-state index in [0.29, 0.717) is 24.1 Å². The minimum atomic E-state index is -0.355. The van der Waals surface area contributed by atoms with Crippen molar-refractivity contribution < 1.29 is 4.74 Å². The van der Waals surface area contributed by atoms with Crippen molar-refractivity contribution in [2.45, 2.75) is 38.3 Å². The molecule has 1 aliphatic rings. The number of ether oxygens (including phenoxy) is 1. The second-order valence-corrected chi connectivity index (χ2v) is 5.74. The van der Waals surface area contributed by atoms with Crippen LogP contribution in [0.2, 0.25) is 0 Å². The number of methoxy groups -OCH3 is 1. The van der Waals surface area contributed by atoms with Crippen LogP contribution in [0.5, 0.6) is 0 Å².